The Bertz CT molecular complexity index is 1030. The number of imidazole rings is 1. The van der Waals surface area contributed by atoms with Crippen LogP contribution in [-0.4, -0.2) is 27.4 Å². The van der Waals surface area contributed by atoms with Gasteiger partial charge < -0.3 is 15.0 Å². The van der Waals surface area contributed by atoms with E-state index in [0.717, 1.165) is 22.4 Å². The minimum atomic E-state index is -1.24. The molecule has 3 rings (SSSR count). The van der Waals surface area contributed by atoms with Gasteiger partial charge in [0.15, 0.2) is 5.60 Å². The Hall–Kier alpha value is -3.48. The van der Waals surface area contributed by atoms with Crippen LogP contribution >= 0.6 is 0 Å². The number of carbonyl (C=O) groups is 2. The number of aromatic nitrogens is 2. The van der Waals surface area contributed by atoms with Gasteiger partial charge in [0.1, 0.15) is 11.6 Å². The predicted molar refractivity (Wildman–Crippen MR) is 107 cm³/mol. The van der Waals surface area contributed by atoms with Crippen molar-refractivity contribution in [3.8, 4) is 22.6 Å². The molecule has 0 aliphatic heterocycles. The summed E-state index contributed by atoms with van der Waals surface area (Å²) in [6, 6.07) is 13.7. The van der Waals surface area contributed by atoms with Crippen LogP contribution in [-0.2, 0) is 20.9 Å². The molecule has 0 saturated carbocycles. The fraction of sp³-hybridized carbons (Fsp3) is 0.227. The molecule has 29 heavy (non-hydrogen) atoms. The molecule has 0 spiro atoms. The first-order valence-electron chi connectivity index (χ1n) is 9.13. The highest BCUT2D eigenvalue weighted by Crippen LogP contribution is 2.23. The maximum absolute atomic E-state index is 13.1. The normalized spacial score (nSPS) is 11.2. The minimum Gasteiger partial charge on any atom is -0.450 e. The van der Waals surface area contributed by atoms with Crippen molar-refractivity contribution in [3.05, 3.63) is 66.1 Å². The molecular formula is C22H22FN3O3. The maximum atomic E-state index is 13.1. The van der Waals surface area contributed by atoms with E-state index < -0.39 is 11.6 Å². The molecule has 7 heteroatoms. The second-order valence-electron chi connectivity index (χ2n) is 7.14. The van der Waals surface area contributed by atoms with Crippen LogP contribution in [0.1, 0.15) is 26.3 Å². The molecule has 0 atom stereocenters. The highest BCUT2D eigenvalue weighted by Gasteiger charge is 2.30. The van der Waals surface area contributed by atoms with E-state index in [2.05, 4.69) is 15.3 Å². The molecule has 0 bridgehead atoms. The molecule has 3 aromatic rings. The number of esters is 1. The minimum absolute atomic E-state index is 0.281. The third-order valence-corrected chi connectivity index (χ3v) is 4.33. The highest BCUT2D eigenvalue weighted by molar-refractivity contribution is 5.86. The SMILES string of the molecule is CC(=O)OC(C)(C)C(=O)NCc1cccc(-c2ncc(-c3ccc(F)cc3)[nH]2)c1. The van der Waals surface area contributed by atoms with Crippen LogP contribution in [0.4, 0.5) is 4.39 Å². The molecule has 0 radical (unpaired) electrons. The number of rotatable bonds is 6. The Morgan fingerprint density at radius 1 is 1.14 bits per heavy atom. The number of halogens is 1. The van der Waals surface area contributed by atoms with Gasteiger partial charge in [-0.2, -0.15) is 0 Å². The van der Waals surface area contributed by atoms with Crippen LogP contribution in [0.3, 0.4) is 0 Å². The number of amides is 1. The molecule has 0 aliphatic carbocycles. The van der Waals surface area contributed by atoms with Gasteiger partial charge in [-0.05, 0) is 55.3 Å². The first kappa shape index (κ1) is 20.3. The number of nitrogens with zero attached hydrogens (tertiary/aromatic N) is 1. The zero-order valence-electron chi connectivity index (χ0n) is 16.5. The molecule has 2 aromatic carbocycles. The molecule has 0 saturated heterocycles. The smallest absolute Gasteiger partial charge is 0.303 e. The third kappa shape index (κ3) is 5.07. The summed E-state index contributed by atoms with van der Waals surface area (Å²) in [5, 5.41) is 2.78. The quantitative estimate of drug-likeness (QED) is 0.621. The molecule has 0 unspecified atom stereocenters. The predicted octanol–water partition coefficient (Wildman–Crippen LogP) is 3.84. The number of nitrogens with one attached hydrogen (secondary N) is 2. The van der Waals surface area contributed by atoms with Crippen molar-refractivity contribution in [2.24, 2.45) is 0 Å². The molecule has 1 heterocycles. The average molecular weight is 395 g/mol. The van der Waals surface area contributed by atoms with Gasteiger partial charge in [0.25, 0.3) is 5.91 Å². The first-order valence-corrected chi connectivity index (χ1v) is 9.13. The van der Waals surface area contributed by atoms with Gasteiger partial charge in [0.05, 0.1) is 11.9 Å². The zero-order valence-corrected chi connectivity index (χ0v) is 16.5. The van der Waals surface area contributed by atoms with Crippen LogP contribution in [0.25, 0.3) is 22.6 Å². The van der Waals surface area contributed by atoms with Crippen LogP contribution in [0, 0.1) is 5.82 Å². The van der Waals surface area contributed by atoms with Crippen molar-refractivity contribution in [2.75, 3.05) is 0 Å². The Labute approximate surface area is 168 Å². The second-order valence-corrected chi connectivity index (χ2v) is 7.14. The molecule has 150 valence electrons. The first-order chi connectivity index (χ1) is 13.7. The summed E-state index contributed by atoms with van der Waals surface area (Å²) < 4.78 is 18.1. The molecule has 0 fully saturated rings. The van der Waals surface area contributed by atoms with Crippen LogP contribution < -0.4 is 5.32 Å². The summed E-state index contributed by atoms with van der Waals surface area (Å²) in [5.74, 6) is -0.519. The van der Waals surface area contributed by atoms with Gasteiger partial charge in [-0.1, -0.05) is 18.2 Å². The zero-order chi connectivity index (χ0) is 21.0. The van der Waals surface area contributed by atoms with Gasteiger partial charge in [0, 0.05) is 19.0 Å². The second kappa shape index (κ2) is 8.26. The van der Waals surface area contributed by atoms with Gasteiger partial charge in [-0.15, -0.1) is 0 Å². The van der Waals surface area contributed by atoms with Gasteiger partial charge in [0.2, 0.25) is 0 Å². The van der Waals surface area contributed by atoms with Crippen molar-refractivity contribution in [1.82, 2.24) is 15.3 Å². The molecule has 0 aliphatic rings. The third-order valence-electron chi connectivity index (χ3n) is 4.33. The Balaban J connectivity index is 1.71. The standard InChI is InChI=1S/C22H22FN3O3/c1-14(27)29-22(2,3)21(28)25-12-15-5-4-6-17(11-15)20-24-13-19(26-20)16-7-9-18(23)10-8-16/h4-11,13H,12H2,1-3H3,(H,24,26)(H,25,28). The van der Waals surface area contributed by atoms with E-state index in [1.165, 1.54) is 19.1 Å². The summed E-state index contributed by atoms with van der Waals surface area (Å²) >= 11 is 0. The van der Waals surface area contributed by atoms with Crippen LogP contribution in [0.2, 0.25) is 0 Å². The monoisotopic (exact) mass is 395 g/mol. The summed E-state index contributed by atoms with van der Waals surface area (Å²) in [6.07, 6.45) is 1.69. The lowest BCUT2D eigenvalue weighted by atomic mass is 10.1. The molecule has 2 N–H and O–H groups in total. The molecule has 6 nitrogen and oxygen atoms in total. The number of carbonyl (C=O) groups excluding carboxylic acids is 2. The number of hydrogen-bond acceptors (Lipinski definition) is 4. The van der Waals surface area contributed by atoms with E-state index in [1.807, 2.05) is 24.3 Å². The molecule has 1 amide bonds. The lowest BCUT2D eigenvalue weighted by Gasteiger charge is -2.23. The van der Waals surface area contributed by atoms with Crippen molar-refractivity contribution in [2.45, 2.75) is 32.9 Å². The Kier molecular flexibility index (Phi) is 5.77. The van der Waals surface area contributed by atoms with Crippen LogP contribution in [0.15, 0.2) is 54.7 Å². The summed E-state index contributed by atoms with van der Waals surface area (Å²) in [5.41, 5.74) is 2.09. The average Bonchev–Trinajstić information content (AvgIpc) is 3.16. The largest absolute Gasteiger partial charge is 0.450 e. The number of H-pyrrole nitrogens is 1. The molecule has 1 aromatic heterocycles. The Morgan fingerprint density at radius 3 is 2.55 bits per heavy atom. The topological polar surface area (TPSA) is 84.1 Å². The summed E-state index contributed by atoms with van der Waals surface area (Å²) in [7, 11) is 0. The lowest BCUT2D eigenvalue weighted by molar-refractivity contribution is -0.163. The van der Waals surface area contributed by atoms with Gasteiger partial charge >= 0.3 is 5.97 Å². The van der Waals surface area contributed by atoms with Crippen LogP contribution in [0.5, 0.6) is 0 Å². The van der Waals surface area contributed by atoms with E-state index >= 15 is 0 Å². The van der Waals surface area contributed by atoms with Crippen molar-refractivity contribution in [1.29, 1.82) is 0 Å². The number of aromatic amines is 1. The van der Waals surface area contributed by atoms with E-state index in [9.17, 15) is 14.0 Å². The van der Waals surface area contributed by atoms with Gasteiger partial charge in [-0.25, -0.2) is 9.37 Å². The maximum Gasteiger partial charge on any atom is 0.303 e. The Morgan fingerprint density at radius 2 is 1.86 bits per heavy atom. The summed E-state index contributed by atoms with van der Waals surface area (Å²) in [6.45, 7) is 4.63. The molecular weight excluding hydrogens is 373 g/mol. The number of hydrogen-bond donors (Lipinski definition) is 2. The fourth-order valence-corrected chi connectivity index (χ4v) is 2.87. The lowest BCUT2D eigenvalue weighted by Crippen LogP contribution is -2.44. The van der Waals surface area contributed by atoms with E-state index in [-0.39, 0.29) is 18.3 Å². The van der Waals surface area contributed by atoms with E-state index in [1.54, 1.807) is 32.2 Å². The van der Waals surface area contributed by atoms with E-state index in [4.69, 9.17) is 4.74 Å². The van der Waals surface area contributed by atoms with Crippen molar-refractivity contribution < 1.29 is 18.7 Å². The number of benzene rings is 2. The number of ether oxygens (including phenoxy) is 1. The highest BCUT2D eigenvalue weighted by atomic mass is 19.1. The van der Waals surface area contributed by atoms with Crippen molar-refractivity contribution in [3.63, 3.8) is 0 Å². The van der Waals surface area contributed by atoms with E-state index in [0.29, 0.717) is 5.82 Å². The summed E-state index contributed by atoms with van der Waals surface area (Å²) in [4.78, 5) is 31.0. The van der Waals surface area contributed by atoms with Gasteiger partial charge in [-0.3, -0.25) is 9.59 Å². The fourth-order valence-electron chi connectivity index (χ4n) is 2.87. The van der Waals surface area contributed by atoms with Crippen molar-refractivity contribution >= 4 is 11.9 Å².